The Bertz CT molecular complexity index is 439. The molecule has 118 valence electrons. The van der Waals surface area contributed by atoms with Crippen LogP contribution in [0.25, 0.3) is 0 Å². The van der Waals surface area contributed by atoms with Gasteiger partial charge >= 0.3 is 0 Å². The van der Waals surface area contributed by atoms with Gasteiger partial charge in [-0.2, -0.15) is 0 Å². The average Bonchev–Trinajstić information content (AvgIpc) is 2.50. The number of morpholine rings is 1. The lowest BCUT2D eigenvalue weighted by molar-refractivity contribution is -0.150. The Kier molecular flexibility index (Phi) is 5.10. The van der Waals surface area contributed by atoms with E-state index in [0.29, 0.717) is 24.7 Å². The predicted molar refractivity (Wildman–Crippen MR) is 83.5 cm³/mol. The molecule has 0 spiro atoms. The van der Waals surface area contributed by atoms with E-state index in [-0.39, 0.29) is 18.1 Å². The fourth-order valence-electron chi connectivity index (χ4n) is 3.58. The summed E-state index contributed by atoms with van der Waals surface area (Å²) in [6.07, 6.45) is 5.56. The van der Waals surface area contributed by atoms with Crippen LogP contribution in [0.15, 0.2) is 10.1 Å². The van der Waals surface area contributed by atoms with Crippen molar-refractivity contribution in [2.45, 2.75) is 44.2 Å². The smallest absolute Gasteiger partial charge is 0.237 e. The summed E-state index contributed by atoms with van der Waals surface area (Å²) in [5.74, 6) is 0.206. The van der Waals surface area contributed by atoms with Crippen LogP contribution in [0.1, 0.15) is 32.1 Å². The third-order valence-corrected chi connectivity index (χ3v) is 5.58. The molecule has 2 fully saturated rings. The molecule has 3 aliphatic rings. The highest BCUT2D eigenvalue weighted by Crippen LogP contribution is 2.29. The van der Waals surface area contributed by atoms with Gasteiger partial charge in [0.15, 0.2) is 0 Å². The first kappa shape index (κ1) is 15.6. The summed E-state index contributed by atoms with van der Waals surface area (Å²) in [6.45, 7) is 3.21. The Balaban J connectivity index is 1.59. The molecule has 3 rings (SSSR count). The van der Waals surface area contributed by atoms with E-state index in [1.807, 2.05) is 4.90 Å². The number of nitrogens with zero attached hydrogens (tertiary/aromatic N) is 2. The van der Waals surface area contributed by atoms with Crippen molar-refractivity contribution in [3.8, 4) is 0 Å². The first-order valence-electron chi connectivity index (χ1n) is 7.81. The van der Waals surface area contributed by atoms with Gasteiger partial charge in [-0.3, -0.25) is 9.69 Å². The molecule has 0 unspecified atom stereocenters. The van der Waals surface area contributed by atoms with E-state index < -0.39 is 0 Å². The molecule has 1 saturated heterocycles. The fourth-order valence-corrected chi connectivity index (χ4v) is 3.98. The van der Waals surface area contributed by atoms with Gasteiger partial charge in [0.1, 0.15) is 0 Å². The first-order valence-corrected chi connectivity index (χ1v) is 8.57. The number of amides is 1. The largest absolute Gasteiger partial charge is 0.374 e. The molecule has 0 aromatic heterocycles. The lowest BCUT2D eigenvalue weighted by atomic mass is 9.90. The van der Waals surface area contributed by atoms with E-state index in [9.17, 15) is 4.79 Å². The van der Waals surface area contributed by atoms with Gasteiger partial charge in [-0.15, -0.1) is 0 Å². The lowest BCUT2D eigenvalue weighted by Crippen LogP contribution is -2.57. The summed E-state index contributed by atoms with van der Waals surface area (Å²) in [4.78, 5) is 16.8. The SMILES string of the molecule is O=C(CN1CCC(Cl)=C(Cl)C1)N1CCO[C@@H]2CCCC[C@@H]21. The maximum absolute atomic E-state index is 12.6. The second-order valence-corrected chi connectivity index (χ2v) is 7.03. The molecule has 0 aromatic rings. The highest BCUT2D eigenvalue weighted by molar-refractivity contribution is 6.39. The van der Waals surface area contributed by atoms with Gasteiger partial charge in [0.2, 0.25) is 5.91 Å². The van der Waals surface area contributed by atoms with Gasteiger partial charge in [0.05, 0.1) is 25.3 Å². The van der Waals surface area contributed by atoms with E-state index >= 15 is 0 Å². The predicted octanol–water partition coefficient (Wildman–Crippen LogP) is 2.55. The Morgan fingerprint density at radius 2 is 2.00 bits per heavy atom. The highest BCUT2D eigenvalue weighted by atomic mass is 35.5. The maximum atomic E-state index is 12.6. The van der Waals surface area contributed by atoms with Crippen LogP contribution in [0, 0.1) is 0 Å². The molecule has 0 bridgehead atoms. The van der Waals surface area contributed by atoms with E-state index in [1.54, 1.807) is 0 Å². The molecule has 6 heteroatoms. The summed E-state index contributed by atoms with van der Waals surface area (Å²) >= 11 is 12.1. The number of halogens is 2. The zero-order valence-corrected chi connectivity index (χ0v) is 13.7. The van der Waals surface area contributed by atoms with Crippen molar-refractivity contribution in [1.82, 2.24) is 9.80 Å². The zero-order chi connectivity index (χ0) is 14.8. The molecular formula is C15H22Cl2N2O2. The number of rotatable bonds is 2. The van der Waals surface area contributed by atoms with Crippen molar-refractivity contribution in [2.75, 3.05) is 32.8 Å². The van der Waals surface area contributed by atoms with Crippen LogP contribution in [0.3, 0.4) is 0 Å². The topological polar surface area (TPSA) is 32.8 Å². The molecule has 4 nitrogen and oxygen atoms in total. The number of hydrogen-bond donors (Lipinski definition) is 0. The van der Waals surface area contributed by atoms with Crippen molar-refractivity contribution in [3.63, 3.8) is 0 Å². The van der Waals surface area contributed by atoms with Gasteiger partial charge in [-0.05, 0) is 19.3 Å². The van der Waals surface area contributed by atoms with Crippen LogP contribution in [0.4, 0.5) is 0 Å². The fraction of sp³-hybridized carbons (Fsp3) is 0.800. The van der Waals surface area contributed by atoms with Gasteiger partial charge in [0.25, 0.3) is 0 Å². The number of hydrogen-bond acceptors (Lipinski definition) is 3. The van der Waals surface area contributed by atoms with Crippen LogP contribution < -0.4 is 0 Å². The number of carbonyl (C=O) groups excluding carboxylic acids is 1. The van der Waals surface area contributed by atoms with Crippen molar-refractivity contribution < 1.29 is 9.53 Å². The van der Waals surface area contributed by atoms with Crippen molar-refractivity contribution in [1.29, 1.82) is 0 Å². The minimum absolute atomic E-state index is 0.206. The van der Waals surface area contributed by atoms with E-state index in [4.69, 9.17) is 27.9 Å². The Morgan fingerprint density at radius 1 is 1.19 bits per heavy atom. The molecule has 2 heterocycles. The Morgan fingerprint density at radius 3 is 2.81 bits per heavy atom. The van der Waals surface area contributed by atoms with E-state index in [1.165, 1.54) is 12.8 Å². The first-order chi connectivity index (χ1) is 10.1. The van der Waals surface area contributed by atoms with Crippen LogP contribution in [0.5, 0.6) is 0 Å². The number of carbonyl (C=O) groups is 1. The van der Waals surface area contributed by atoms with Crippen LogP contribution in [-0.4, -0.2) is 60.6 Å². The normalized spacial score (nSPS) is 31.2. The maximum Gasteiger partial charge on any atom is 0.237 e. The van der Waals surface area contributed by atoms with Crippen molar-refractivity contribution in [2.24, 2.45) is 0 Å². The summed E-state index contributed by atoms with van der Waals surface area (Å²) in [5, 5.41) is 1.41. The third kappa shape index (κ3) is 3.55. The molecule has 0 radical (unpaired) electrons. The van der Waals surface area contributed by atoms with Crippen LogP contribution in [0.2, 0.25) is 0 Å². The molecule has 2 aliphatic heterocycles. The minimum Gasteiger partial charge on any atom is -0.374 e. The van der Waals surface area contributed by atoms with E-state index in [2.05, 4.69) is 4.90 Å². The number of ether oxygens (including phenoxy) is 1. The molecule has 1 saturated carbocycles. The highest BCUT2D eigenvalue weighted by Gasteiger charge is 2.37. The molecule has 0 N–H and O–H groups in total. The minimum atomic E-state index is 0.206. The molecule has 1 aliphatic carbocycles. The second kappa shape index (κ2) is 6.86. The van der Waals surface area contributed by atoms with Gasteiger partial charge in [-0.25, -0.2) is 0 Å². The van der Waals surface area contributed by atoms with Gasteiger partial charge in [-0.1, -0.05) is 36.0 Å². The molecule has 1 amide bonds. The van der Waals surface area contributed by atoms with Crippen LogP contribution in [-0.2, 0) is 9.53 Å². The molecule has 0 aromatic carbocycles. The Hall–Kier alpha value is -0.290. The van der Waals surface area contributed by atoms with Gasteiger partial charge in [0, 0.05) is 29.7 Å². The molecule has 21 heavy (non-hydrogen) atoms. The standard InChI is InChI=1S/C15H22Cl2N2O2/c16-11-5-6-18(9-12(11)17)10-15(20)19-7-8-21-14-4-2-1-3-13(14)19/h13-14H,1-10H2/t13-,14+/m0/s1. The summed E-state index contributed by atoms with van der Waals surface area (Å²) in [5.41, 5.74) is 0. The van der Waals surface area contributed by atoms with Crippen LogP contribution >= 0.6 is 23.2 Å². The Labute approximate surface area is 136 Å². The molecular weight excluding hydrogens is 311 g/mol. The second-order valence-electron chi connectivity index (χ2n) is 6.12. The quantitative estimate of drug-likeness (QED) is 0.779. The van der Waals surface area contributed by atoms with E-state index in [0.717, 1.165) is 37.4 Å². The monoisotopic (exact) mass is 332 g/mol. The van der Waals surface area contributed by atoms with Gasteiger partial charge < -0.3 is 9.64 Å². The summed E-state index contributed by atoms with van der Waals surface area (Å²) in [6, 6.07) is 0.277. The lowest BCUT2D eigenvalue weighted by Gasteiger charge is -2.44. The third-order valence-electron chi connectivity index (χ3n) is 4.72. The van der Waals surface area contributed by atoms with Crippen molar-refractivity contribution in [3.05, 3.63) is 10.1 Å². The van der Waals surface area contributed by atoms with Crippen molar-refractivity contribution >= 4 is 29.1 Å². The summed E-state index contributed by atoms with van der Waals surface area (Å²) < 4.78 is 5.83. The zero-order valence-electron chi connectivity index (χ0n) is 12.2. The number of fused-ring (bicyclic) bond motifs is 1. The average molecular weight is 333 g/mol. The molecule has 2 atom stereocenters. The summed E-state index contributed by atoms with van der Waals surface area (Å²) in [7, 11) is 0.